The van der Waals surface area contributed by atoms with E-state index in [1.54, 1.807) is 19.1 Å². The number of rotatable bonds is 3. The van der Waals surface area contributed by atoms with Crippen molar-refractivity contribution in [3.63, 3.8) is 0 Å². The molecule has 0 aliphatic carbocycles. The Labute approximate surface area is 129 Å². The predicted octanol–water partition coefficient (Wildman–Crippen LogP) is 0.140. The van der Waals surface area contributed by atoms with Crippen molar-refractivity contribution in [2.24, 2.45) is 5.73 Å². The molecule has 0 bridgehead atoms. The number of sulfonamides is 1. The minimum atomic E-state index is -3.67. The van der Waals surface area contributed by atoms with Crippen LogP contribution in [0.25, 0.3) is 0 Å². The summed E-state index contributed by atoms with van der Waals surface area (Å²) in [7, 11) is -3.67. The molecule has 8 heteroatoms. The van der Waals surface area contributed by atoms with Gasteiger partial charge >= 0.3 is 0 Å². The fourth-order valence-electron chi connectivity index (χ4n) is 2.16. The average molecular weight is 327 g/mol. The molecule has 0 unspecified atom stereocenters. The molecule has 1 aliphatic rings. The highest BCUT2D eigenvalue weighted by Crippen LogP contribution is 2.22. The lowest BCUT2D eigenvalue weighted by Crippen LogP contribution is -2.34. The molecule has 1 fully saturated rings. The van der Waals surface area contributed by atoms with Crippen LogP contribution >= 0.6 is 12.2 Å². The highest BCUT2D eigenvalue weighted by Gasteiger charge is 2.28. The molecule has 0 spiro atoms. The molecule has 21 heavy (non-hydrogen) atoms. The van der Waals surface area contributed by atoms with E-state index in [2.05, 4.69) is 5.32 Å². The molecular formula is C13H17N3O3S2. The van der Waals surface area contributed by atoms with E-state index in [1.165, 1.54) is 10.4 Å². The maximum atomic E-state index is 12.7. The Balaban J connectivity index is 2.41. The van der Waals surface area contributed by atoms with Crippen LogP contribution in [0.1, 0.15) is 17.5 Å². The Hall–Kier alpha value is -1.51. The standard InChI is InChI=1S/C13H17N3O3S2/c1-9-2-3-10(13(14)20)8-11(9)21(18,19)16-6-4-12(17)15-5-7-16/h2-3,8H,4-7H2,1H3,(H2,14,20)(H,15,17). The van der Waals surface area contributed by atoms with Crippen LogP contribution in [0, 0.1) is 6.92 Å². The lowest BCUT2D eigenvalue weighted by molar-refractivity contribution is -0.120. The first kappa shape index (κ1) is 15.9. The lowest BCUT2D eigenvalue weighted by atomic mass is 10.1. The molecule has 0 atom stereocenters. The van der Waals surface area contributed by atoms with Gasteiger partial charge in [0.25, 0.3) is 0 Å². The summed E-state index contributed by atoms with van der Waals surface area (Å²) in [6.07, 6.45) is 0.160. The number of nitrogens with zero attached hydrogens (tertiary/aromatic N) is 1. The van der Waals surface area contributed by atoms with Crippen LogP contribution in [-0.2, 0) is 14.8 Å². The highest BCUT2D eigenvalue weighted by atomic mass is 32.2. The van der Waals surface area contributed by atoms with Crippen LogP contribution in [0.15, 0.2) is 23.1 Å². The summed E-state index contributed by atoms with van der Waals surface area (Å²) in [6.45, 7) is 2.46. The second kappa shape index (κ2) is 6.08. The third-order valence-electron chi connectivity index (χ3n) is 3.36. The van der Waals surface area contributed by atoms with E-state index in [4.69, 9.17) is 18.0 Å². The van der Waals surface area contributed by atoms with E-state index in [-0.39, 0.29) is 35.3 Å². The largest absolute Gasteiger partial charge is 0.389 e. The number of nitrogens with one attached hydrogen (secondary N) is 1. The summed E-state index contributed by atoms with van der Waals surface area (Å²) in [5.74, 6) is -0.138. The zero-order valence-corrected chi connectivity index (χ0v) is 13.3. The molecule has 6 nitrogen and oxygen atoms in total. The number of aryl methyl sites for hydroxylation is 1. The highest BCUT2D eigenvalue weighted by molar-refractivity contribution is 7.89. The van der Waals surface area contributed by atoms with Crippen molar-refractivity contribution in [2.45, 2.75) is 18.2 Å². The van der Waals surface area contributed by atoms with E-state index < -0.39 is 10.0 Å². The zero-order chi connectivity index (χ0) is 15.6. The van der Waals surface area contributed by atoms with Gasteiger partial charge in [0.15, 0.2) is 0 Å². The quantitative estimate of drug-likeness (QED) is 0.771. The van der Waals surface area contributed by atoms with Gasteiger partial charge in [0.1, 0.15) is 4.99 Å². The maximum Gasteiger partial charge on any atom is 0.243 e. The Morgan fingerprint density at radius 3 is 2.76 bits per heavy atom. The van der Waals surface area contributed by atoms with Crippen molar-refractivity contribution in [3.8, 4) is 0 Å². The van der Waals surface area contributed by atoms with Crippen LogP contribution in [0.3, 0.4) is 0 Å². The first-order valence-electron chi connectivity index (χ1n) is 6.49. The summed E-state index contributed by atoms with van der Waals surface area (Å²) in [5, 5.41) is 2.66. The van der Waals surface area contributed by atoms with Crippen LogP contribution in [-0.4, -0.2) is 43.3 Å². The number of amides is 1. The van der Waals surface area contributed by atoms with E-state index in [0.717, 1.165) is 0 Å². The van der Waals surface area contributed by atoms with Gasteiger partial charge in [0.2, 0.25) is 15.9 Å². The zero-order valence-electron chi connectivity index (χ0n) is 11.6. The first-order chi connectivity index (χ1) is 9.82. The van der Waals surface area contributed by atoms with Crippen molar-refractivity contribution < 1.29 is 13.2 Å². The summed E-state index contributed by atoms with van der Waals surface area (Å²) in [5.41, 5.74) is 6.70. The van der Waals surface area contributed by atoms with Gasteiger partial charge in [-0.3, -0.25) is 4.79 Å². The molecule has 1 aromatic carbocycles. The van der Waals surface area contributed by atoms with Gasteiger partial charge in [0.05, 0.1) is 4.90 Å². The van der Waals surface area contributed by atoms with Gasteiger partial charge in [-0.25, -0.2) is 8.42 Å². The van der Waals surface area contributed by atoms with E-state index in [0.29, 0.717) is 17.7 Å². The van der Waals surface area contributed by atoms with Crippen molar-refractivity contribution in [1.29, 1.82) is 0 Å². The maximum absolute atomic E-state index is 12.7. The molecular weight excluding hydrogens is 310 g/mol. The number of nitrogens with two attached hydrogens (primary N) is 1. The second-order valence-corrected chi connectivity index (χ2v) is 7.19. The van der Waals surface area contributed by atoms with Crippen LogP contribution in [0.5, 0.6) is 0 Å². The van der Waals surface area contributed by atoms with Gasteiger partial charge in [-0.15, -0.1) is 0 Å². The number of hydrogen-bond donors (Lipinski definition) is 2. The number of thiocarbonyl (C=S) groups is 1. The van der Waals surface area contributed by atoms with Gasteiger partial charge in [-0.2, -0.15) is 4.31 Å². The van der Waals surface area contributed by atoms with Crippen molar-refractivity contribution >= 4 is 33.1 Å². The number of hydrogen-bond acceptors (Lipinski definition) is 4. The number of carbonyl (C=O) groups excluding carboxylic acids is 1. The summed E-state index contributed by atoms with van der Waals surface area (Å²) in [6, 6.07) is 4.87. The van der Waals surface area contributed by atoms with E-state index >= 15 is 0 Å². The number of benzene rings is 1. The van der Waals surface area contributed by atoms with Crippen LogP contribution in [0.2, 0.25) is 0 Å². The second-order valence-electron chi connectivity index (χ2n) is 4.85. The molecule has 0 aromatic heterocycles. The Morgan fingerprint density at radius 2 is 2.10 bits per heavy atom. The third-order valence-corrected chi connectivity index (χ3v) is 5.64. The molecule has 3 N–H and O–H groups in total. The van der Waals surface area contributed by atoms with E-state index in [1.807, 2.05) is 0 Å². The molecule has 0 saturated carbocycles. The smallest absolute Gasteiger partial charge is 0.243 e. The van der Waals surface area contributed by atoms with E-state index in [9.17, 15) is 13.2 Å². The summed E-state index contributed by atoms with van der Waals surface area (Å²) >= 11 is 4.90. The van der Waals surface area contributed by atoms with Crippen LogP contribution < -0.4 is 11.1 Å². The average Bonchev–Trinajstić information content (AvgIpc) is 2.64. The molecule has 0 radical (unpaired) electrons. The molecule has 1 saturated heterocycles. The van der Waals surface area contributed by atoms with Gasteiger partial charge in [-0.1, -0.05) is 24.4 Å². The normalized spacial score (nSPS) is 17.1. The molecule has 1 aromatic rings. The monoisotopic (exact) mass is 327 g/mol. The number of carbonyl (C=O) groups is 1. The Morgan fingerprint density at radius 1 is 1.38 bits per heavy atom. The third kappa shape index (κ3) is 3.39. The minimum absolute atomic E-state index is 0.138. The minimum Gasteiger partial charge on any atom is -0.389 e. The van der Waals surface area contributed by atoms with Gasteiger partial charge < -0.3 is 11.1 Å². The Kier molecular flexibility index (Phi) is 4.60. The molecule has 1 heterocycles. The molecule has 114 valence electrons. The topological polar surface area (TPSA) is 92.5 Å². The first-order valence-corrected chi connectivity index (χ1v) is 8.34. The van der Waals surface area contributed by atoms with Gasteiger partial charge in [0, 0.05) is 31.6 Å². The van der Waals surface area contributed by atoms with Crippen molar-refractivity contribution in [2.75, 3.05) is 19.6 Å². The van der Waals surface area contributed by atoms with Crippen molar-refractivity contribution in [1.82, 2.24) is 9.62 Å². The predicted molar refractivity (Wildman–Crippen MR) is 83.5 cm³/mol. The summed E-state index contributed by atoms with van der Waals surface area (Å²) < 4.78 is 26.8. The summed E-state index contributed by atoms with van der Waals surface area (Å²) in [4.78, 5) is 11.7. The lowest BCUT2D eigenvalue weighted by Gasteiger charge is -2.20. The Bertz CT molecular complexity index is 686. The molecule has 1 amide bonds. The van der Waals surface area contributed by atoms with Crippen molar-refractivity contribution in [3.05, 3.63) is 29.3 Å². The van der Waals surface area contributed by atoms with Gasteiger partial charge in [-0.05, 0) is 18.6 Å². The molecule has 2 rings (SSSR count). The SMILES string of the molecule is Cc1ccc(C(N)=S)cc1S(=O)(=O)N1CCNC(=O)CC1. The van der Waals surface area contributed by atoms with Crippen LogP contribution in [0.4, 0.5) is 0 Å². The fourth-order valence-corrected chi connectivity index (χ4v) is 3.98. The molecule has 1 aliphatic heterocycles. The fraction of sp³-hybridized carbons (Fsp3) is 0.385.